The molecule has 1 saturated heterocycles. The molecule has 0 unspecified atom stereocenters. The maximum absolute atomic E-state index is 13.9. The zero-order valence-corrected chi connectivity index (χ0v) is 20.9. The number of nitrogens with zero attached hydrogens (tertiary/aromatic N) is 1. The zero-order chi connectivity index (χ0) is 25.2. The lowest BCUT2D eigenvalue weighted by molar-refractivity contribution is -0.137. The predicted molar refractivity (Wildman–Crippen MR) is 129 cm³/mol. The largest absolute Gasteiger partial charge is 0.418 e. The van der Waals surface area contributed by atoms with E-state index in [4.69, 9.17) is 4.74 Å². The summed E-state index contributed by atoms with van der Waals surface area (Å²) < 4.78 is 47.8. The Morgan fingerprint density at radius 3 is 2.51 bits per heavy atom. The van der Waals surface area contributed by atoms with Crippen molar-refractivity contribution in [1.82, 2.24) is 5.32 Å². The summed E-state index contributed by atoms with van der Waals surface area (Å²) in [6, 6.07) is 6.71. The lowest BCUT2D eigenvalue weighted by atomic mass is 9.95. The highest BCUT2D eigenvalue weighted by Gasteiger charge is 2.43. The molecule has 2 N–H and O–H groups in total. The Balaban J connectivity index is 1.59. The van der Waals surface area contributed by atoms with Gasteiger partial charge in [0.05, 0.1) is 39.5 Å². The molecule has 1 aromatic carbocycles. The van der Waals surface area contributed by atoms with Crippen molar-refractivity contribution in [3.05, 3.63) is 44.6 Å². The molecule has 2 aromatic rings. The Hall–Kier alpha value is -2.44. The number of hydrogen-bond donors (Lipinski definition) is 2. The van der Waals surface area contributed by atoms with Gasteiger partial charge in [0.15, 0.2) is 0 Å². The number of carbonyl (C=O) groups excluding carboxylic acids is 3. The van der Waals surface area contributed by atoms with E-state index >= 15 is 0 Å². The van der Waals surface area contributed by atoms with Crippen LogP contribution in [0.3, 0.4) is 0 Å². The van der Waals surface area contributed by atoms with Crippen molar-refractivity contribution in [2.24, 2.45) is 0 Å². The van der Waals surface area contributed by atoms with E-state index < -0.39 is 35.0 Å². The van der Waals surface area contributed by atoms with E-state index in [1.54, 1.807) is 12.1 Å². The molecule has 1 saturated carbocycles. The summed E-state index contributed by atoms with van der Waals surface area (Å²) in [4.78, 5) is 39.9. The minimum Gasteiger partial charge on any atom is -0.379 e. The minimum absolute atomic E-state index is 0.00158. The number of rotatable bonds is 5. The number of ether oxygens (including phenoxy) is 1. The highest BCUT2D eigenvalue weighted by Crippen LogP contribution is 2.39. The van der Waals surface area contributed by atoms with Crippen molar-refractivity contribution >= 4 is 56.4 Å². The Labute approximate surface area is 212 Å². The van der Waals surface area contributed by atoms with Crippen LogP contribution in [0.25, 0.3) is 0 Å². The second-order valence-corrected chi connectivity index (χ2v) is 10.9. The van der Waals surface area contributed by atoms with E-state index in [0.717, 1.165) is 14.8 Å². The molecule has 0 radical (unpaired) electrons. The Morgan fingerprint density at radius 2 is 1.86 bits per heavy atom. The second kappa shape index (κ2) is 10.3. The topological polar surface area (TPSA) is 87.7 Å². The number of hydrogen-bond acceptors (Lipinski definition) is 5. The van der Waals surface area contributed by atoms with Crippen LogP contribution in [0, 0.1) is 0 Å². The van der Waals surface area contributed by atoms with Crippen molar-refractivity contribution in [1.29, 1.82) is 0 Å². The maximum Gasteiger partial charge on any atom is 0.418 e. The van der Waals surface area contributed by atoms with Gasteiger partial charge in [-0.1, -0.05) is 12.8 Å². The summed E-state index contributed by atoms with van der Waals surface area (Å²) in [5.74, 6) is -1.44. The van der Waals surface area contributed by atoms with Gasteiger partial charge in [-0.05, 0) is 59.1 Å². The quantitative estimate of drug-likeness (QED) is 0.529. The predicted octanol–water partition coefficient (Wildman–Crippen LogP) is 4.96. The van der Waals surface area contributed by atoms with E-state index in [9.17, 15) is 27.6 Å². The molecule has 7 nitrogen and oxygen atoms in total. The summed E-state index contributed by atoms with van der Waals surface area (Å²) in [6.07, 6.45) is -2.61. The molecular formula is C23H23BrF3N3O4S. The monoisotopic (exact) mass is 573 g/mol. The normalized spacial score (nSPS) is 18.3. The fourth-order valence-electron chi connectivity index (χ4n) is 4.36. The second-order valence-electron chi connectivity index (χ2n) is 8.44. The van der Waals surface area contributed by atoms with Gasteiger partial charge in [-0.3, -0.25) is 14.4 Å². The number of halogens is 4. The van der Waals surface area contributed by atoms with Crippen LogP contribution in [0.4, 0.5) is 24.5 Å². The van der Waals surface area contributed by atoms with E-state index in [0.29, 0.717) is 30.6 Å². The molecule has 12 heteroatoms. The third-order valence-electron chi connectivity index (χ3n) is 6.11. The molecule has 4 rings (SSSR count). The third-order valence-corrected chi connectivity index (χ3v) is 7.74. The molecular weight excluding hydrogens is 551 g/mol. The van der Waals surface area contributed by atoms with Crippen LogP contribution in [-0.2, 0) is 20.5 Å². The van der Waals surface area contributed by atoms with Crippen molar-refractivity contribution < 1.29 is 32.3 Å². The summed E-state index contributed by atoms with van der Waals surface area (Å²) in [7, 11) is 0. The fraction of sp³-hybridized carbons (Fsp3) is 0.435. The van der Waals surface area contributed by atoms with E-state index in [2.05, 4.69) is 26.6 Å². The van der Waals surface area contributed by atoms with Gasteiger partial charge in [0, 0.05) is 12.2 Å². The van der Waals surface area contributed by atoms with Crippen molar-refractivity contribution in [2.45, 2.75) is 43.8 Å². The standard InChI is InChI=1S/C23H23BrF3N3O4S/c24-18-6-5-17(35-18)20(32)29-22(8-1-2-9-22)21(33)28-14-3-4-16(15(13-14)23(25,26)27)30-10-12-34-11-7-19(30)31/h3-6,13H,1-2,7-12H2,(H,28,33)(H,29,32). The lowest BCUT2D eigenvalue weighted by Gasteiger charge is -2.29. The van der Waals surface area contributed by atoms with Crippen LogP contribution in [0.2, 0.25) is 0 Å². The average Bonchev–Trinajstić information content (AvgIpc) is 3.40. The molecule has 0 bridgehead atoms. The first-order valence-corrected chi connectivity index (χ1v) is 12.7. The minimum atomic E-state index is -4.75. The van der Waals surface area contributed by atoms with Crippen molar-refractivity contribution in [3.63, 3.8) is 0 Å². The average molecular weight is 574 g/mol. The van der Waals surface area contributed by atoms with Crippen molar-refractivity contribution in [3.8, 4) is 0 Å². The van der Waals surface area contributed by atoms with Gasteiger partial charge in [-0.2, -0.15) is 13.2 Å². The molecule has 1 aliphatic carbocycles. The Kier molecular flexibility index (Phi) is 7.53. The van der Waals surface area contributed by atoms with Crippen LogP contribution in [0.15, 0.2) is 34.1 Å². The molecule has 1 aromatic heterocycles. The van der Waals surface area contributed by atoms with E-state index in [1.165, 1.54) is 23.5 Å². The molecule has 1 aliphatic heterocycles. The number of benzene rings is 1. The number of amides is 3. The third kappa shape index (κ3) is 5.70. The van der Waals surface area contributed by atoms with Gasteiger partial charge < -0.3 is 20.3 Å². The first-order valence-electron chi connectivity index (χ1n) is 11.1. The highest BCUT2D eigenvalue weighted by molar-refractivity contribution is 9.11. The molecule has 2 fully saturated rings. The van der Waals surface area contributed by atoms with Crippen LogP contribution in [-0.4, -0.2) is 43.0 Å². The van der Waals surface area contributed by atoms with E-state index in [-0.39, 0.29) is 37.6 Å². The maximum atomic E-state index is 13.9. The van der Waals surface area contributed by atoms with Crippen LogP contribution >= 0.6 is 27.3 Å². The first-order chi connectivity index (χ1) is 16.6. The Morgan fingerprint density at radius 1 is 1.11 bits per heavy atom. The molecule has 2 heterocycles. The summed E-state index contributed by atoms with van der Waals surface area (Å²) in [6.45, 7) is 0.285. The van der Waals surface area contributed by atoms with Gasteiger partial charge in [-0.15, -0.1) is 11.3 Å². The smallest absolute Gasteiger partial charge is 0.379 e. The molecule has 2 aliphatic rings. The fourth-order valence-corrected chi connectivity index (χ4v) is 5.64. The number of alkyl halides is 3. The van der Waals surface area contributed by atoms with Gasteiger partial charge >= 0.3 is 6.18 Å². The molecule has 0 atom stereocenters. The SMILES string of the molecule is O=C(NC1(C(=O)Nc2ccc(N3CCOCCC3=O)c(C(F)(F)F)c2)CCCC1)c1ccc(Br)s1. The molecule has 188 valence electrons. The van der Waals surface area contributed by atoms with Gasteiger partial charge in [0.25, 0.3) is 5.91 Å². The van der Waals surface area contributed by atoms with E-state index in [1.807, 2.05) is 0 Å². The number of anilines is 2. The molecule has 35 heavy (non-hydrogen) atoms. The van der Waals surface area contributed by atoms with Crippen LogP contribution in [0.1, 0.15) is 47.3 Å². The van der Waals surface area contributed by atoms with Crippen LogP contribution < -0.4 is 15.5 Å². The van der Waals surface area contributed by atoms with Gasteiger partial charge in [0.2, 0.25) is 11.8 Å². The summed E-state index contributed by atoms with van der Waals surface area (Å²) >= 11 is 4.52. The number of thiophene rings is 1. The first kappa shape index (κ1) is 25.6. The van der Waals surface area contributed by atoms with Crippen LogP contribution in [0.5, 0.6) is 0 Å². The number of nitrogens with one attached hydrogen (secondary N) is 2. The summed E-state index contributed by atoms with van der Waals surface area (Å²) in [5, 5.41) is 5.38. The number of carbonyl (C=O) groups is 3. The van der Waals surface area contributed by atoms with Gasteiger partial charge in [-0.25, -0.2) is 0 Å². The van der Waals surface area contributed by atoms with Gasteiger partial charge in [0.1, 0.15) is 5.54 Å². The lowest BCUT2D eigenvalue weighted by Crippen LogP contribution is -2.54. The molecule has 0 spiro atoms. The van der Waals surface area contributed by atoms with Crippen molar-refractivity contribution in [2.75, 3.05) is 30.0 Å². The Bertz CT molecular complexity index is 1130. The molecule has 3 amide bonds. The highest BCUT2D eigenvalue weighted by atomic mass is 79.9. The zero-order valence-electron chi connectivity index (χ0n) is 18.5. The summed E-state index contributed by atoms with van der Waals surface area (Å²) in [5.41, 5.74) is -2.59.